The number of benzene rings is 1. The molecular formula is C11H11NO4S2. The number of nitro groups is 1. The highest BCUT2D eigenvalue weighted by Gasteiger charge is 2.20. The maximum absolute atomic E-state index is 11.7. The Bertz CT molecular complexity index is 533. The SMILES string of the molecule is O=[N+]([O-])c1ccc(C=C2[S@](=O)CCC[S@]2=O)cc1. The van der Waals surface area contributed by atoms with E-state index in [2.05, 4.69) is 0 Å². The van der Waals surface area contributed by atoms with Gasteiger partial charge >= 0.3 is 0 Å². The van der Waals surface area contributed by atoms with Crippen LogP contribution in [0.5, 0.6) is 0 Å². The van der Waals surface area contributed by atoms with Crippen molar-refractivity contribution in [2.75, 3.05) is 11.5 Å². The summed E-state index contributed by atoms with van der Waals surface area (Å²) >= 11 is 0. The van der Waals surface area contributed by atoms with Crippen LogP contribution in [0.4, 0.5) is 5.69 Å². The molecule has 0 saturated carbocycles. The lowest BCUT2D eigenvalue weighted by atomic mass is 10.2. The molecule has 2 atom stereocenters. The molecule has 7 heteroatoms. The second-order valence-corrected chi connectivity index (χ2v) is 7.10. The van der Waals surface area contributed by atoms with Crippen molar-refractivity contribution >= 4 is 33.4 Å². The van der Waals surface area contributed by atoms with Gasteiger partial charge in [-0.25, -0.2) is 0 Å². The van der Waals surface area contributed by atoms with Crippen molar-refractivity contribution in [2.24, 2.45) is 0 Å². The molecule has 0 unspecified atom stereocenters. The summed E-state index contributed by atoms with van der Waals surface area (Å²) in [4.78, 5) is 10.0. The predicted octanol–water partition coefficient (Wildman–Crippen LogP) is 1.79. The Morgan fingerprint density at radius 1 is 1.11 bits per heavy atom. The van der Waals surface area contributed by atoms with E-state index in [4.69, 9.17) is 0 Å². The molecule has 0 N–H and O–H groups in total. The van der Waals surface area contributed by atoms with Crippen molar-refractivity contribution in [3.05, 3.63) is 44.2 Å². The quantitative estimate of drug-likeness (QED) is 0.613. The predicted molar refractivity (Wildman–Crippen MR) is 71.7 cm³/mol. The van der Waals surface area contributed by atoms with E-state index in [1.165, 1.54) is 12.1 Å². The molecule has 0 aliphatic carbocycles. The summed E-state index contributed by atoms with van der Waals surface area (Å²) in [6, 6.07) is 5.88. The molecule has 1 aromatic carbocycles. The average Bonchev–Trinajstić information content (AvgIpc) is 2.34. The van der Waals surface area contributed by atoms with Gasteiger partial charge in [-0.15, -0.1) is 0 Å². The first kappa shape index (κ1) is 13.1. The monoisotopic (exact) mass is 285 g/mol. The van der Waals surface area contributed by atoms with Gasteiger partial charge in [0.1, 0.15) is 4.24 Å². The molecule has 96 valence electrons. The molecule has 2 rings (SSSR count). The molecule has 0 amide bonds. The number of hydrogen-bond acceptors (Lipinski definition) is 4. The largest absolute Gasteiger partial charge is 0.269 e. The zero-order valence-electron chi connectivity index (χ0n) is 9.40. The Morgan fingerprint density at radius 2 is 1.67 bits per heavy atom. The van der Waals surface area contributed by atoms with Crippen molar-refractivity contribution in [3.63, 3.8) is 0 Å². The van der Waals surface area contributed by atoms with Crippen molar-refractivity contribution in [2.45, 2.75) is 6.42 Å². The van der Waals surface area contributed by atoms with E-state index in [-0.39, 0.29) is 5.69 Å². The molecule has 0 aromatic heterocycles. The lowest BCUT2D eigenvalue weighted by Gasteiger charge is -2.12. The lowest BCUT2D eigenvalue weighted by Crippen LogP contribution is -2.16. The fourth-order valence-electron chi connectivity index (χ4n) is 1.59. The van der Waals surface area contributed by atoms with E-state index in [0.29, 0.717) is 27.7 Å². The summed E-state index contributed by atoms with van der Waals surface area (Å²) in [7, 11) is -2.39. The van der Waals surface area contributed by atoms with Crippen molar-refractivity contribution in [3.8, 4) is 0 Å². The molecule has 5 nitrogen and oxygen atoms in total. The minimum absolute atomic E-state index is 0.00281. The van der Waals surface area contributed by atoms with Crippen LogP contribution in [0, 0.1) is 10.1 Å². The summed E-state index contributed by atoms with van der Waals surface area (Å²) in [5.74, 6) is 1.06. The van der Waals surface area contributed by atoms with E-state index < -0.39 is 26.5 Å². The Kier molecular flexibility index (Phi) is 4.03. The van der Waals surface area contributed by atoms with E-state index in [1.54, 1.807) is 18.2 Å². The maximum Gasteiger partial charge on any atom is 0.269 e. The molecule has 1 saturated heterocycles. The number of non-ortho nitro benzene ring substituents is 1. The second kappa shape index (κ2) is 5.53. The standard InChI is InChI=1S/C11H11NO4S2/c13-12(14)10-4-2-9(3-5-10)8-11-17(15)6-1-7-18(11)16/h2-5,8H,1,6-7H2/t17-,18-/m1/s1. The molecule has 1 heterocycles. The van der Waals surface area contributed by atoms with Crippen LogP contribution in [0.3, 0.4) is 0 Å². The Hall–Kier alpha value is -1.34. The van der Waals surface area contributed by atoms with Gasteiger partial charge in [-0.3, -0.25) is 18.5 Å². The summed E-state index contributed by atoms with van der Waals surface area (Å²) in [6.07, 6.45) is 2.31. The fourth-order valence-corrected chi connectivity index (χ4v) is 4.85. The second-order valence-electron chi connectivity index (χ2n) is 3.76. The zero-order valence-corrected chi connectivity index (χ0v) is 11.0. The van der Waals surface area contributed by atoms with Gasteiger partial charge in [0, 0.05) is 23.6 Å². The highest BCUT2D eigenvalue weighted by molar-refractivity contribution is 8.09. The van der Waals surface area contributed by atoms with Crippen molar-refractivity contribution in [1.82, 2.24) is 0 Å². The lowest BCUT2D eigenvalue weighted by molar-refractivity contribution is -0.384. The molecule has 0 radical (unpaired) electrons. The first-order valence-electron chi connectivity index (χ1n) is 5.31. The smallest absolute Gasteiger partial charge is 0.258 e. The Morgan fingerprint density at radius 3 is 2.17 bits per heavy atom. The van der Waals surface area contributed by atoms with Crippen LogP contribution >= 0.6 is 0 Å². The molecule has 0 spiro atoms. The Labute approximate surface area is 109 Å². The van der Waals surface area contributed by atoms with Crippen molar-refractivity contribution in [1.29, 1.82) is 0 Å². The number of hydrogen-bond donors (Lipinski definition) is 0. The van der Waals surface area contributed by atoms with Gasteiger partial charge in [0.25, 0.3) is 5.69 Å². The average molecular weight is 285 g/mol. The van der Waals surface area contributed by atoms with Gasteiger partial charge in [-0.1, -0.05) is 0 Å². The third-order valence-electron chi connectivity index (χ3n) is 2.50. The molecule has 18 heavy (non-hydrogen) atoms. The highest BCUT2D eigenvalue weighted by Crippen LogP contribution is 2.21. The zero-order chi connectivity index (χ0) is 13.1. The maximum atomic E-state index is 11.7. The summed E-state index contributed by atoms with van der Waals surface area (Å²) in [5, 5.41) is 10.5. The van der Waals surface area contributed by atoms with Gasteiger partial charge in [-0.05, 0) is 30.2 Å². The van der Waals surface area contributed by atoms with Crippen LogP contribution < -0.4 is 0 Å². The molecule has 1 fully saturated rings. The van der Waals surface area contributed by atoms with Crippen molar-refractivity contribution < 1.29 is 13.3 Å². The number of nitrogens with zero attached hydrogens (tertiary/aromatic N) is 1. The Balaban J connectivity index is 2.29. The van der Waals surface area contributed by atoms with Crippen LogP contribution in [-0.4, -0.2) is 24.8 Å². The summed E-state index contributed by atoms with van der Waals surface area (Å²) in [5.41, 5.74) is 0.683. The normalized spacial score (nSPS) is 23.7. The van der Waals surface area contributed by atoms with Crippen LogP contribution in [0.15, 0.2) is 28.5 Å². The van der Waals surface area contributed by atoms with Gasteiger partial charge in [0.05, 0.1) is 26.5 Å². The van der Waals surface area contributed by atoms with E-state index >= 15 is 0 Å². The van der Waals surface area contributed by atoms with E-state index in [1.807, 2.05) is 0 Å². The van der Waals surface area contributed by atoms with Gasteiger partial charge in [0.2, 0.25) is 0 Å². The number of rotatable bonds is 2. The molecule has 1 aromatic rings. The third kappa shape index (κ3) is 2.91. The summed E-state index contributed by atoms with van der Waals surface area (Å²) in [6.45, 7) is 0. The molecule has 1 aliphatic heterocycles. The summed E-state index contributed by atoms with van der Waals surface area (Å²) < 4.78 is 23.9. The highest BCUT2D eigenvalue weighted by atomic mass is 32.2. The van der Waals surface area contributed by atoms with Gasteiger partial charge in [0.15, 0.2) is 0 Å². The fraction of sp³-hybridized carbons (Fsp3) is 0.273. The van der Waals surface area contributed by atoms with Crippen LogP contribution in [0.2, 0.25) is 0 Å². The van der Waals surface area contributed by atoms with Crippen LogP contribution in [0.25, 0.3) is 6.08 Å². The van der Waals surface area contributed by atoms with Crippen LogP contribution in [-0.2, 0) is 21.6 Å². The van der Waals surface area contributed by atoms with Crippen LogP contribution in [0.1, 0.15) is 12.0 Å². The van der Waals surface area contributed by atoms with E-state index in [0.717, 1.165) is 0 Å². The first-order valence-corrected chi connectivity index (χ1v) is 7.94. The third-order valence-corrected chi connectivity index (χ3v) is 6.06. The minimum Gasteiger partial charge on any atom is -0.258 e. The number of nitro benzene ring substituents is 1. The first-order chi connectivity index (χ1) is 8.58. The molecular weight excluding hydrogens is 274 g/mol. The van der Waals surface area contributed by atoms with Gasteiger partial charge < -0.3 is 0 Å². The minimum atomic E-state index is -1.20. The molecule has 1 aliphatic rings. The van der Waals surface area contributed by atoms with E-state index in [9.17, 15) is 18.5 Å². The topological polar surface area (TPSA) is 77.3 Å². The molecule has 0 bridgehead atoms. The van der Waals surface area contributed by atoms with Gasteiger partial charge in [-0.2, -0.15) is 0 Å².